The molecular weight excluding hydrogens is 509 g/mol. The van der Waals surface area contributed by atoms with Gasteiger partial charge in [-0.15, -0.1) is 0 Å². The maximum absolute atomic E-state index is 13.4. The Morgan fingerprint density at radius 1 is 1.00 bits per heavy atom. The Bertz CT molecular complexity index is 1200. The van der Waals surface area contributed by atoms with Crippen molar-refractivity contribution < 1.29 is 31.2 Å². The van der Waals surface area contributed by atoms with E-state index in [1.807, 2.05) is 24.3 Å². The van der Waals surface area contributed by atoms with Gasteiger partial charge in [-0.1, -0.05) is 38.1 Å². The van der Waals surface area contributed by atoms with E-state index in [0.717, 1.165) is 27.6 Å². The van der Waals surface area contributed by atoms with Gasteiger partial charge in [0.2, 0.25) is 15.9 Å². The Balaban J connectivity index is 1.84. The quantitative estimate of drug-likeness (QED) is 0.561. The van der Waals surface area contributed by atoms with E-state index in [0.29, 0.717) is 24.6 Å². The lowest BCUT2D eigenvalue weighted by Crippen LogP contribution is -2.62. The molecule has 1 aliphatic rings. The summed E-state index contributed by atoms with van der Waals surface area (Å²) >= 11 is 0. The number of hydrogen-bond donors (Lipinski definition) is 2. The average Bonchev–Trinajstić information content (AvgIpc) is 2.86. The highest BCUT2D eigenvalue weighted by Crippen LogP contribution is 2.31. The minimum atomic E-state index is -4.61. The summed E-state index contributed by atoms with van der Waals surface area (Å²) in [6.45, 7) is 5.97. The van der Waals surface area contributed by atoms with Crippen molar-refractivity contribution in [3.8, 4) is 0 Å². The number of nitrogens with one attached hydrogen (secondary N) is 2. The van der Waals surface area contributed by atoms with Crippen LogP contribution in [0.4, 0.5) is 18.0 Å². The highest BCUT2D eigenvalue weighted by atomic mass is 32.2. The molecule has 1 saturated heterocycles. The number of piperazine rings is 1. The third-order valence-corrected chi connectivity index (χ3v) is 8.07. The smallest absolute Gasteiger partial charge is 0.351 e. The van der Waals surface area contributed by atoms with Crippen LogP contribution in [0.3, 0.4) is 0 Å². The van der Waals surface area contributed by atoms with Gasteiger partial charge >= 0.3 is 12.2 Å². The fourth-order valence-corrected chi connectivity index (χ4v) is 5.56. The van der Waals surface area contributed by atoms with Crippen molar-refractivity contribution in [3.05, 3.63) is 65.2 Å². The lowest BCUT2D eigenvalue weighted by Gasteiger charge is -2.39. The molecule has 2 N–H and O–H groups in total. The van der Waals surface area contributed by atoms with Crippen LogP contribution in [0.15, 0.2) is 53.4 Å². The van der Waals surface area contributed by atoms with Gasteiger partial charge in [-0.05, 0) is 48.2 Å². The Hall–Kier alpha value is -3.12. The molecule has 0 spiro atoms. The largest absolute Gasteiger partial charge is 0.416 e. The first-order valence-electron chi connectivity index (χ1n) is 11.9. The molecule has 1 atom stereocenters. The molecule has 8 nitrogen and oxygen atoms in total. The Morgan fingerprint density at radius 3 is 2.16 bits per heavy atom. The summed E-state index contributed by atoms with van der Waals surface area (Å²) in [5.41, 5.74) is 0.963. The summed E-state index contributed by atoms with van der Waals surface area (Å²) in [5.74, 6) is -0.271. The average molecular weight is 541 g/mol. The molecule has 1 fully saturated rings. The van der Waals surface area contributed by atoms with Crippen LogP contribution < -0.4 is 10.6 Å². The topological polar surface area (TPSA) is 98.8 Å². The zero-order valence-electron chi connectivity index (χ0n) is 20.9. The van der Waals surface area contributed by atoms with Crippen molar-refractivity contribution in [2.75, 3.05) is 26.2 Å². The molecule has 3 rings (SSSR count). The van der Waals surface area contributed by atoms with Crippen LogP contribution in [0.2, 0.25) is 0 Å². The number of benzene rings is 2. The second-order valence-electron chi connectivity index (χ2n) is 9.05. The molecule has 3 amide bonds. The van der Waals surface area contributed by atoms with Crippen LogP contribution in [0.5, 0.6) is 0 Å². The number of amides is 3. The third kappa shape index (κ3) is 6.80. The van der Waals surface area contributed by atoms with Gasteiger partial charge in [0.15, 0.2) is 0 Å². The van der Waals surface area contributed by atoms with E-state index in [-0.39, 0.29) is 31.1 Å². The maximum atomic E-state index is 13.4. The molecule has 1 aliphatic heterocycles. The number of urea groups is 1. The lowest BCUT2D eigenvalue weighted by molar-refractivity contribution is -0.137. The van der Waals surface area contributed by atoms with Gasteiger partial charge < -0.3 is 15.5 Å². The van der Waals surface area contributed by atoms with Crippen LogP contribution in [0.1, 0.15) is 43.4 Å². The molecule has 12 heteroatoms. The normalized spacial score (nSPS) is 17.1. The van der Waals surface area contributed by atoms with E-state index < -0.39 is 39.7 Å². The van der Waals surface area contributed by atoms with Gasteiger partial charge in [-0.25, -0.2) is 13.2 Å². The van der Waals surface area contributed by atoms with Crippen LogP contribution in [-0.4, -0.2) is 61.8 Å². The molecule has 2 aromatic carbocycles. The first-order valence-corrected chi connectivity index (χ1v) is 13.4. The summed E-state index contributed by atoms with van der Waals surface area (Å²) in [4.78, 5) is 26.6. The van der Waals surface area contributed by atoms with Crippen molar-refractivity contribution >= 4 is 22.0 Å². The van der Waals surface area contributed by atoms with Crippen molar-refractivity contribution in [3.63, 3.8) is 0 Å². The predicted octanol–water partition coefficient (Wildman–Crippen LogP) is 3.55. The molecule has 37 heavy (non-hydrogen) atoms. The summed E-state index contributed by atoms with van der Waals surface area (Å²) in [6, 6.07) is 9.06. The van der Waals surface area contributed by atoms with Crippen LogP contribution in [0.25, 0.3) is 0 Å². The Morgan fingerprint density at radius 2 is 1.62 bits per heavy atom. The first-order chi connectivity index (χ1) is 17.3. The molecule has 0 bridgehead atoms. The van der Waals surface area contributed by atoms with Crippen LogP contribution in [-0.2, 0) is 27.5 Å². The van der Waals surface area contributed by atoms with Crippen molar-refractivity contribution in [1.29, 1.82) is 0 Å². The van der Waals surface area contributed by atoms with Crippen molar-refractivity contribution in [2.45, 2.75) is 50.3 Å². The van der Waals surface area contributed by atoms with E-state index in [1.54, 1.807) is 6.92 Å². The highest BCUT2D eigenvalue weighted by Gasteiger charge is 2.41. The van der Waals surface area contributed by atoms with Gasteiger partial charge in [0, 0.05) is 32.7 Å². The SMILES string of the molecule is CCNC(=O)N1CCN(S(=O)(=O)c2ccc(C(F)(F)F)cc2)[C@@H](C(=O)NCc2ccc(C(C)C)cc2)C1. The molecule has 1 heterocycles. The molecule has 0 aromatic heterocycles. The van der Waals surface area contributed by atoms with Gasteiger partial charge in [0.05, 0.1) is 10.5 Å². The summed E-state index contributed by atoms with van der Waals surface area (Å²) in [5, 5.41) is 5.37. The number of hydrogen-bond acceptors (Lipinski definition) is 4. The first kappa shape index (κ1) is 28.5. The summed E-state index contributed by atoms with van der Waals surface area (Å²) in [7, 11) is -4.33. The number of carbonyl (C=O) groups excluding carboxylic acids is 2. The molecular formula is C25H31F3N4O4S. The molecule has 0 saturated carbocycles. The van der Waals surface area contributed by atoms with Gasteiger partial charge in [0.25, 0.3) is 0 Å². The third-order valence-electron chi connectivity index (χ3n) is 6.15. The number of alkyl halides is 3. The molecule has 0 unspecified atom stereocenters. The summed E-state index contributed by atoms with van der Waals surface area (Å²) < 4.78 is 66.6. The number of sulfonamides is 1. The molecule has 2 aromatic rings. The fourth-order valence-electron chi connectivity index (χ4n) is 3.99. The number of rotatable bonds is 7. The molecule has 0 radical (unpaired) electrons. The van der Waals surface area contributed by atoms with E-state index in [1.165, 1.54) is 4.90 Å². The monoisotopic (exact) mass is 540 g/mol. The van der Waals surface area contributed by atoms with Gasteiger partial charge in [0.1, 0.15) is 6.04 Å². The number of nitrogens with zero attached hydrogens (tertiary/aromatic N) is 2. The molecule has 202 valence electrons. The lowest BCUT2D eigenvalue weighted by atomic mass is 10.0. The van der Waals surface area contributed by atoms with Crippen molar-refractivity contribution in [1.82, 2.24) is 19.8 Å². The number of halogens is 3. The van der Waals surface area contributed by atoms with Crippen LogP contribution >= 0.6 is 0 Å². The van der Waals surface area contributed by atoms with Crippen molar-refractivity contribution in [2.24, 2.45) is 0 Å². The standard InChI is InChI=1S/C25H31F3N4O4S/c1-4-29-24(34)31-13-14-32(37(35,36)21-11-9-20(10-12-21)25(26,27)28)22(16-31)23(33)30-15-18-5-7-19(8-6-18)17(2)3/h5-12,17,22H,4,13-16H2,1-3H3,(H,29,34)(H,30,33)/t22-/m1/s1. The molecule has 0 aliphatic carbocycles. The predicted molar refractivity (Wildman–Crippen MR) is 132 cm³/mol. The minimum absolute atomic E-state index is 0.0200. The van der Waals surface area contributed by atoms with E-state index in [9.17, 15) is 31.2 Å². The van der Waals surface area contributed by atoms with Gasteiger partial charge in [-0.3, -0.25) is 4.79 Å². The minimum Gasteiger partial charge on any atom is -0.351 e. The summed E-state index contributed by atoms with van der Waals surface area (Å²) in [6.07, 6.45) is -4.61. The Kier molecular flexibility index (Phi) is 8.85. The van der Waals surface area contributed by atoms with E-state index in [4.69, 9.17) is 0 Å². The van der Waals surface area contributed by atoms with E-state index in [2.05, 4.69) is 24.5 Å². The second-order valence-corrected chi connectivity index (χ2v) is 10.9. The Labute approximate surface area is 214 Å². The number of carbonyl (C=O) groups is 2. The highest BCUT2D eigenvalue weighted by molar-refractivity contribution is 7.89. The zero-order chi connectivity index (χ0) is 27.4. The van der Waals surface area contributed by atoms with Gasteiger partial charge in [-0.2, -0.15) is 17.5 Å². The maximum Gasteiger partial charge on any atom is 0.416 e. The zero-order valence-corrected chi connectivity index (χ0v) is 21.7. The van der Waals surface area contributed by atoms with E-state index >= 15 is 0 Å². The second kappa shape index (κ2) is 11.5. The fraction of sp³-hybridized carbons (Fsp3) is 0.440. The van der Waals surface area contributed by atoms with Crippen LogP contribution in [0, 0.1) is 0 Å².